The molecule has 1 saturated heterocycles. The highest BCUT2D eigenvalue weighted by atomic mass is 16.5. The molecule has 170 valence electrons. The van der Waals surface area contributed by atoms with Crippen LogP contribution in [0.5, 0.6) is 5.75 Å². The Morgan fingerprint density at radius 1 is 1.03 bits per heavy atom. The van der Waals surface area contributed by atoms with Crippen molar-refractivity contribution >= 4 is 23.1 Å². The van der Waals surface area contributed by atoms with Gasteiger partial charge in [0.25, 0.3) is 11.7 Å². The van der Waals surface area contributed by atoms with Crippen molar-refractivity contribution in [1.29, 1.82) is 0 Å². The Labute approximate surface area is 189 Å². The van der Waals surface area contributed by atoms with Crippen molar-refractivity contribution in [3.63, 3.8) is 0 Å². The van der Waals surface area contributed by atoms with Gasteiger partial charge in [-0.25, -0.2) is 0 Å². The molecular formula is C25H31N3O4. The van der Waals surface area contributed by atoms with Gasteiger partial charge in [-0.1, -0.05) is 24.3 Å². The molecule has 0 saturated carbocycles. The van der Waals surface area contributed by atoms with Gasteiger partial charge in [0.2, 0.25) is 0 Å². The number of carbonyl (C=O) groups is 2. The summed E-state index contributed by atoms with van der Waals surface area (Å²) in [6.45, 7) is 1.19. The van der Waals surface area contributed by atoms with E-state index in [0.717, 1.165) is 17.8 Å². The highest BCUT2D eigenvalue weighted by Gasteiger charge is 2.46. The molecule has 0 radical (unpaired) electrons. The Kier molecular flexibility index (Phi) is 7.20. The Hall–Kier alpha value is -3.32. The van der Waals surface area contributed by atoms with Crippen LogP contribution in [-0.4, -0.2) is 75.0 Å². The first-order valence-electron chi connectivity index (χ1n) is 10.6. The Balaban J connectivity index is 2.12. The third kappa shape index (κ3) is 4.62. The van der Waals surface area contributed by atoms with Gasteiger partial charge in [0.1, 0.15) is 11.5 Å². The minimum atomic E-state index is -0.681. The van der Waals surface area contributed by atoms with Crippen LogP contribution in [-0.2, 0) is 9.59 Å². The van der Waals surface area contributed by atoms with Crippen LogP contribution in [0.15, 0.2) is 54.1 Å². The third-order valence-electron chi connectivity index (χ3n) is 5.63. The number of ketones is 1. The molecule has 7 nitrogen and oxygen atoms in total. The van der Waals surface area contributed by atoms with Gasteiger partial charge < -0.3 is 24.5 Å². The summed E-state index contributed by atoms with van der Waals surface area (Å²) in [5, 5.41) is 11.2. The molecule has 0 aromatic heterocycles. The summed E-state index contributed by atoms with van der Waals surface area (Å²) in [5.41, 5.74) is 2.25. The van der Waals surface area contributed by atoms with Gasteiger partial charge in [-0.15, -0.1) is 0 Å². The fourth-order valence-electron chi connectivity index (χ4n) is 3.95. The van der Waals surface area contributed by atoms with E-state index in [2.05, 4.69) is 0 Å². The lowest BCUT2D eigenvalue weighted by Gasteiger charge is -2.26. The fourth-order valence-corrected chi connectivity index (χ4v) is 3.95. The lowest BCUT2D eigenvalue weighted by atomic mass is 9.94. The second kappa shape index (κ2) is 9.87. The van der Waals surface area contributed by atoms with E-state index in [1.165, 1.54) is 7.11 Å². The van der Waals surface area contributed by atoms with Crippen LogP contribution in [0.2, 0.25) is 0 Å². The first-order valence-corrected chi connectivity index (χ1v) is 10.6. The van der Waals surface area contributed by atoms with Gasteiger partial charge in [0.15, 0.2) is 0 Å². The topological polar surface area (TPSA) is 73.3 Å². The molecule has 2 aromatic carbocycles. The molecule has 1 unspecified atom stereocenters. The molecule has 1 aliphatic rings. The van der Waals surface area contributed by atoms with Gasteiger partial charge in [0, 0.05) is 26.3 Å². The van der Waals surface area contributed by atoms with E-state index in [0.29, 0.717) is 24.3 Å². The number of hydrogen-bond donors (Lipinski definition) is 1. The summed E-state index contributed by atoms with van der Waals surface area (Å²) in [5.74, 6) is -1.06. The maximum atomic E-state index is 13.1. The molecule has 2 aromatic rings. The number of benzene rings is 2. The predicted molar refractivity (Wildman–Crippen MR) is 126 cm³/mol. The van der Waals surface area contributed by atoms with E-state index in [4.69, 9.17) is 4.74 Å². The number of likely N-dealkylation sites (tertiary alicyclic amines) is 1. The van der Waals surface area contributed by atoms with Crippen molar-refractivity contribution in [2.75, 3.05) is 53.3 Å². The number of nitrogens with zero attached hydrogens (tertiary/aromatic N) is 3. The van der Waals surface area contributed by atoms with Crippen molar-refractivity contribution in [2.45, 2.75) is 12.5 Å². The minimum absolute atomic E-state index is 0.0851. The molecule has 1 N–H and O–H groups in total. The van der Waals surface area contributed by atoms with Crippen LogP contribution >= 0.6 is 0 Å². The van der Waals surface area contributed by atoms with Crippen molar-refractivity contribution in [1.82, 2.24) is 9.80 Å². The van der Waals surface area contributed by atoms with Crippen LogP contribution in [0, 0.1) is 0 Å². The first kappa shape index (κ1) is 23.3. The highest BCUT2D eigenvalue weighted by Crippen LogP contribution is 2.41. The van der Waals surface area contributed by atoms with Gasteiger partial charge in [-0.3, -0.25) is 9.59 Å². The summed E-state index contributed by atoms with van der Waals surface area (Å²) >= 11 is 0. The number of methoxy groups -OCH3 is 1. The number of anilines is 1. The predicted octanol–water partition coefficient (Wildman–Crippen LogP) is 3.13. The maximum absolute atomic E-state index is 13.1. The Morgan fingerprint density at radius 2 is 1.69 bits per heavy atom. The van der Waals surface area contributed by atoms with Crippen LogP contribution in [0.25, 0.3) is 5.76 Å². The number of ether oxygens (including phenoxy) is 1. The summed E-state index contributed by atoms with van der Waals surface area (Å²) in [6, 6.07) is 14.0. The third-order valence-corrected chi connectivity index (χ3v) is 5.63. The van der Waals surface area contributed by atoms with Gasteiger partial charge >= 0.3 is 0 Å². The van der Waals surface area contributed by atoms with Gasteiger partial charge in [-0.05, 0) is 56.9 Å². The van der Waals surface area contributed by atoms with Crippen LogP contribution < -0.4 is 9.64 Å². The SMILES string of the molecule is COc1ccccc1/C(O)=C1/C(=O)C(=O)N(CCCN(C)C)C1c1ccc(N(C)C)cc1. The average molecular weight is 438 g/mol. The van der Waals surface area contributed by atoms with E-state index in [1.54, 1.807) is 29.2 Å². The number of para-hydroxylation sites is 1. The van der Waals surface area contributed by atoms with Gasteiger partial charge in [-0.2, -0.15) is 0 Å². The number of aliphatic hydroxyl groups excluding tert-OH is 1. The summed E-state index contributed by atoms with van der Waals surface area (Å²) in [7, 11) is 9.33. The number of carbonyl (C=O) groups excluding carboxylic acids is 2. The van der Waals surface area contributed by atoms with E-state index in [1.807, 2.05) is 62.3 Å². The number of hydrogen-bond acceptors (Lipinski definition) is 6. The lowest BCUT2D eigenvalue weighted by Crippen LogP contribution is -2.32. The van der Waals surface area contributed by atoms with Crippen LogP contribution in [0.4, 0.5) is 5.69 Å². The van der Waals surface area contributed by atoms with E-state index in [-0.39, 0.29) is 11.3 Å². The van der Waals surface area contributed by atoms with Crippen molar-refractivity contribution in [3.05, 3.63) is 65.2 Å². The fraction of sp³-hybridized carbons (Fsp3) is 0.360. The minimum Gasteiger partial charge on any atom is -0.507 e. The van der Waals surface area contributed by atoms with Gasteiger partial charge in [0.05, 0.1) is 24.3 Å². The summed E-state index contributed by atoms with van der Waals surface area (Å²) in [4.78, 5) is 31.7. The highest BCUT2D eigenvalue weighted by molar-refractivity contribution is 6.46. The summed E-state index contributed by atoms with van der Waals surface area (Å²) < 4.78 is 5.37. The maximum Gasteiger partial charge on any atom is 0.295 e. The molecule has 0 bridgehead atoms. The average Bonchev–Trinajstić information content (AvgIpc) is 3.03. The second-order valence-corrected chi connectivity index (χ2v) is 8.34. The monoisotopic (exact) mass is 437 g/mol. The largest absolute Gasteiger partial charge is 0.507 e. The van der Waals surface area contributed by atoms with E-state index >= 15 is 0 Å². The van der Waals surface area contributed by atoms with Crippen LogP contribution in [0.1, 0.15) is 23.6 Å². The standard InChI is InChI=1S/C25H31N3O4/c1-26(2)15-8-16-28-22(17-11-13-18(14-12-17)27(3)4)21(24(30)25(28)31)23(29)19-9-6-7-10-20(19)32-5/h6-7,9-14,22,29H,8,15-16H2,1-5H3/b23-21-. The molecule has 1 heterocycles. The lowest BCUT2D eigenvalue weighted by molar-refractivity contribution is -0.139. The molecule has 7 heteroatoms. The summed E-state index contributed by atoms with van der Waals surface area (Å²) in [6.07, 6.45) is 0.709. The molecule has 1 aliphatic heterocycles. The number of aliphatic hydroxyl groups is 1. The number of amides is 1. The quantitative estimate of drug-likeness (QED) is 0.389. The zero-order chi connectivity index (χ0) is 23.4. The Morgan fingerprint density at radius 3 is 2.28 bits per heavy atom. The molecule has 0 aliphatic carbocycles. The molecular weight excluding hydrogens is 406 g/mol. The smallest absolute Gasteiger partial charge is 0.295 e. The van der Waals surface area contributed by atoms with Crippen LogP contribution in [0.3, 0.4) is 0 Å². The number of Topliss-reactive ketones (excluding diaryl/α,β-unsaturated/α-hetero) is 1. The first-order chi connectivity index (χ1) is 15.3. The zero-order valence-electron chi connectivity index (χ0n) is 19.3. The molecule has 32 heavy (non-hydrogen) atoms. The Bertz CT molecular complexity index is 1010. The van der Waals surface area contributed by atoms with E-state index in [9.17, 15) is 14.7 Å². The molecule has 3 rings (SSSR count). The van der Waals surface area contributed by atoms with E-state index < -0.39 is 17.7 Å². The van der Waals surface area contributed by atoms with Crippen molar-refractivity contribution < 1.29 is 19.4 Å². The zero-order valence-corrected chi connectivity index (χ0v) is 19.3. The number of rotatable bonds is 8. The molecule has 0 spiro atoms. The van der Waals surface area contributed by atoms with Crippen molar-refractivity contribution in [3.8, 4) is 5.75 Å². The molecule has 1 atom stereocenters. The van der Waals surface area contributed by atoms with Crippen molar-refractivity contribution in [2.24, 2.45) is 0 Å². The normalized spacial score (nSPS) is 17.8. The molecule has 1 fully saturated rings. The second-order valence-electron chi connectivity index (χ2n) is 8.34. The molecule has 1 amide bonds.